The van der Waals surface area contributed by atoms with E-state index in [9.17, 15) is 9.59 Å². The first-order valence-electron chi connectivity index (χ1n) is 5.05. The van der Waals surface area contributed by atoms with E-state index in [1.54, 1.807) is 6.92 Å². The minimum atomic E-state index is -0.815. The Morgan fingerprint density at radius 2 is 2.00 bits per heavy atom. The quantitative estimate of drug-likeness (QED) is 0.675. The lowest BCUT2D eigenvalue weighted by molar-refractivity contribution is -0.148. The monoisotopic (exact) mass is 209 g/mol. The van der Waals surface area contributed by atoms with Gasteiger partial charge in [-0.3, -0.25) is 9.59 Å². The number of hydrogen-bond donors (Lipinski definition) is 2. The van der Waals surface area contributed by atoms with Gasteiger partial charge in [-0.2, -0.15) is 0 Å². The van der Waals surface area contributed by atoms with E-state index in [2.05, 4.69) is 17.2 Å². The Hall–Kier alpha value is -1.50. The van der Waals surface area contributed by atoms with Crippen molar-refractivity contribution in [1.29, 1.82) is 0 Å². The van der Waals surface area contributed by atoms with E-state index in [1.807, 2.05) is 0 Å². The molecule has 2 N–H and O–H groups in total. The highest BCUT2D eigenvalue weighted by Crippen LogP contribution is 2.37. The summed E-state index contributed by atoms with van der Waals surface area (Å²) < 4.78 is 0. The third-order valence-corrected chi connectivity index (χ3v) is 2.84. The van der Waals surface area contributed by atoms with Crippen molar-refractivity contribution >= 4 is 11.9 Å². The van der Waals surface area contributed by atoms with Crippen LogP contribution in [0.25, 0.3) is 0 Å². The molecule has 0 aromatic rings. The van der Waals surface area contributed by atoms with Crippen LogP contribution < -0.4 is 5.32 Å². The zero-order chi connectivity index (χ0) is 11.3. The van der Waals surface area contributed by atoms with Gasteiger partial charge in [-0.05, 0) is 25.7 Å². The molecule has 1 aliphatic carbocycles. The van der Waals surface area contributed by atoms with E-state index in [1.165, 1.54) is 0 Å². The van der Waals surface area contributed by atoms with Crippen LogP contribution in [0.1, 0.15) is 32.6 Å². The van der Waals surface area contributed by atoms with Crippen molar-refractivity contribution in [3.05, 3.63) is 0 Å². The zero-order valence-electron chi connectivity index (χ0n) is 8.80. The van der Waals surface area contributed by atoms with Gasteiger partial charge in [0, 0.05) is 6.54 Å². The van der Waals surface area contributed by atoms with Crippen LogP contribution in [0.2, 0.25) is 0 Å². The van der Waals surface area contributed by atoms with Crippen LogP contribution in [0.5, 0.6) is 0 Å². The van der Waals surface area contributed by atoms with Crippen molar-refractivity contribution in [3.8, 4) is 11.8 Å². The molecule has 0 saturated heterocycles. The molecule has 0 unspecified atom stereocenters. The van der Waals surface area contributed by atoms with Gasteiger partial charge in [0.15, 0.2) is 0 Å². The van der Waals surface area contributed by atoms with Gasteiger partial charge in [0.25, 0.3) is 5.91 Å². The van der Waals surface area contributed by atoms with E-state index in [4.69, 9.17) is 5.11 Å². The summed E-state index contributed by atoms with van der Waals surface area (Å²) in [4.78, 5) is 22.2. The molecule has 4 nitrogen and oxygen atoms in total. The summed E-state index contributed by atoms with van der Waals surface area (Å²) in [7, 11) is 0. The summed E-state index contributed by atoms with van der Waals surface area (Å²) in [6.45, 7) is 1.76. The average Bonchev–Trinajstić information content (AvgIpc) is 2.65. The molecule has 1 fully saturated rings. The first-order chi connectivity index (χ1) is 7.10. The molecule has 0 spiro atoms. The zero-order valence-corrected chi connectivity index (χ0v) is 8.80. The van der Waals surface area contributed by atoms with Gasteiger partial charge in [0.2, 0.25) is 0 Å². The largest absolute Gasteiger partial charge is 0.481 e. The van der Waals surface area contributed by atoms with E-state index >= 15 is 0 Å². The number of rotatable bonds is 3. The number of amides is 1. The Labute approximate surface area is 89.0 Å². The highest BCUT2D eigenvalue weighted by atomic mass is 16.4. The second-order valence-electron chi connectivity index (χ2n) is 3.85. The van der Waals surface area contributed by atoms with Crippen LogP contribution in [0.15, 0.2) is 0 Å². The molecule has 0 aromatic carbocycles. The number of carboxylic acids is 1. The van der Waals surface area contributed by atoms with Gasteiger partial charge >= 0.3 is 5.97 Å². The molecular weight excluding hydrogens is 194 g/mol. The first kappa shape index (κ1) is 11.6. The van der Waals surface area contributed by atoms with Crippen molar-refractivity contribution in [2.24, 2.45) is 5.41 Å². The van der Waals surface area contributed by atoms with Crippen LogP contribution in [0.4, 0.5) is 0 Å². The molecule has 1 rings (SSSR count). The fourth-order valence-corrected chi connectivity index (χ4v) is 1.93. The number of nitrogens with one attached hydrogen (secondary N) is 1. The molecule has 82 valence electrons. The van der Waals surface area contributed by atoms with Crippen LogP contribution in [-0.2, 0) is 9.59 Å². The predicted molar refractivity (Wildman–Crippen MR) is 55.0 cm³/mol. The van der Waals surface area contributed by atoms with Gasteiger partial charge in [0.05, 0.1) is 5.41 Å². The smallest absolute Gasteiger partial charge is 0.311 e. The molecule has 15 heavy (non-hydrogen) atoms. The van der Waals surface area contributed by atoms with Gasteiger partial charge in [-0.15, -0.1) is 0 Å². The van der Waals surface area contributed by atoms with Gasteiger partial charge in [-0.25, -0.2) is 0 Å². The number of aliphatic carboxylic acids is 1. The second-order valence-corrected chi connectivity index (χ2v) is 3.85. The second kappa shape index (κ2) is 4.83. The van der Waals surface area contributed by atoms with Gasteiger partial charge in [-0.1, -0.05) is 18.8 Å². The van der Waals surface area contributed by atoms with E-state index in [0.717, 1.165) is 12.8 Å². The van der Waals surface area contributed by atoms with Crippen molar-refractivity contribution < 1.29 is 14.7 Å². The van der Waals surface area contributed by atoms with Crippen molar-refractivity contribution in [2.75, 3.05) is 6.54 Å². The summed E-state index contributed by atoms with van der Waals surface area (Å²) >= 11 is 0. The molecule has 0 aliphatic heterocycles. The molecule has 1 aliphatic rings. The maximum absolute atomic E-state index is 11.1. The summed E-state index contributed by atoms with van der Waals surface area (Å²) in [5, 5.41) is 11.7. The summed E-state index contributed by atoms with van der Waals surface area (Å²) in [6, 6.07) is 0. The maximum Gasteiger partial charge on any atom is 0.311 e. The molecule has 0 radical (unpaired) electrons. The van der Waals surface area contributed by atoms with E-state index < -0.39 is 17.3 Å². The van der Waals surface area contributed by atoms with Crippen LogP contribution in [0, 0.1) is 17.3 Å². The average molecular weight is 209 g/mol. The van der Waals surface area contributed by atoms with Crippen LogP contribution >= 0.6 is 0 Å². The summed E-state index contributed by atoms with van der Waals surface area (Å²) in [5.41, 5.74) is -0.759. The van der Waals surface area contributed by atoms with Crippen molar-refractivity contribution in [2.45, 2.75) is 32.6 Å². The lowest BCUT2D eigenvalue weighted by Gasteiger charge is -2.23. The van der Waals surface area contributed by atoms with Crippen LogP contribution in [0.3, 0.4) is 0 Å². The topological polar surface area (TPSA) is 66.4 Å². The van der Waals surface area contributed by atoms with Gasteiger partial charge < -0.3 is 10.4 Å². The molecule has 0 aromatic heterocycles. The molecule has 1 saturated carbocycles. The molecule has 0 bridgehead atoms. The summed E-state index contributed by atoms with van der Waals surface area (Å²) in [5.74, 6) is 3.59. The molecule has 0 atom stereocenters. The fourth-order valence-electron chi connectivity index (χ4n) is 1.93. The SMILES string of the molecule is CC#CC(=O)NCC1(C(=O)O)CCCC1. The Balaban J connectivity index is 2.56. The fraction of sp³-hybridized carbons (Fsp3) is 0.636. The maximum atomic E-state index is 11.1. The molecule has 4 heteroatoms. The lowest BCUT2D eigenvalue weighted by atomic mass is 9.86. The number of carbonyl (C=O) groups is 2. The highest BCUT2D eigenvalue weighted by Gasteiger charge is 2.41. The van der Waals surface area contributed by atoms with Crippen molar-refractivity contribution in [1.82, 2.24) is 5.32 Å². The Kier molecular flexibility index (Phi) is 3.73. The van der Waals surface area contributed by atoms with E-state index in [0.29, 0.717) is 12.8 Å². The Morgan fingerprint density at radius 1 is 1.40 bits per heavy atom. The van der Waals surface area contributed by atoms with E-state index in [-0.39, 0.29) is 6.54 Å². The van der Waals surface area contributed by atoms with Crippen molar-refractivity contribution in [3.63, 3.8) is 0 Å². The minimum absolute atomic E-state index is 0.190. The third kappa shape index (κ3) is 2.72. The number of carboxylic acid groups (broad SMARTS) is 1. The number of carbonyl (C=O) groups excluding carboxylic acids is 1. The Morgan fingerprint density at radius 3 is 2.47 bits per heavy atom. The Bertz CT molecular complexity index is 318. The molecule has 0 heterocycles. The standard InChI is InChI=1S/C11H15NO3/c1-2-5-9(13)12-8-11(10(14)15)6-3-4-7-11/h3-4,6-8H2,1H3,(H,12,13)(H,14,15). The minimum Gasteiger partial charge on any atom is -0.481 e. The normalized spacial score (nSPS) is 17.7. The first-order valence-corrected chi connectivity index (χ1v) is 5.05. The molecule has 1 amide bonds. The number of hydrogen-bond acceptors (Lipinski definition) is 2. The molecular formula is C11H15NO3. The third-order valence-electron chi connectivity index (χ3n) is 2.84. The lowest BCUT2D eigenvalue weighted by Crippen LogP contribution is -2.40. The van der Waals surface area contributed by atoms with Gasteiger partial charge in [0.1, 0.15) is 0 Å². The van der Waals surface area contributed by atoms with Crippen LogP contribution in [-0.4, -0.2) is 23.5 Å². The predicted octanol–water partition coefficient (Wildman–Crippen LogP) is 0.771. The highest BCUT2D eigenvalue weighted by molar-refractivity contribution is 5.93. The summed E-state index contributed by atoms with van der Waals surface area (Å²) in [6.07, 6.45) is 3.12.